The second kappa shape index (κ2) is 22.4. The van der Waals surface area contributed by atoms with Gasteiger partial charge in [-0.1, -0.05) is 241 Å². The van der Waals surface area contributed by atoms with Gasteiger partial charge in [-0.3, -0.25) is 0 Å². The van der Waals surface area contributed by atoms with E-state index in [0.717, 1.165) is 55.8 Å². The summed E-state index contributed by atoms with van der Waals surface area (Å²) in [5.41, 5.74) is 17.3. The van der Waals surface area contributed by atoms with Crippen LogP contribution in [-0.2, 0) is 42.7 Å². The average Bonchev–Trinajstić information content (AvgIpc) is 4.25. The number of hydrogen-bond acceptors (Lipinski definition) is 4. The van der Waals surface area contributed by atoms with Crippen molar-refractivity contribution in [3.8, 4) is 28.4 Å². The molecule has 11 rings (SSSR count). The van der Waals surface area contributed by atoms with E-state index in [1.54, 1.807) is 0 Å². The quantitative estimate of drug-likeness (QED) is 0.108. The van der Waals surface area contributed by atoms with Crippen LogP contribution < -0.4 is 14.5 Å². The average molecular weight is 1260 g/mol. The fourth-order valence-electron chi connectivity index (χ4n) is 11.8. The van der Waals surface area contributed by atoms with Gasteiger partial charge in [-0.05, 0) is 115 Å². The zero-order chi connectivity index (χ0) is 57.2. The van der Waals surface area contributed by atoms with E-state index in [1.807, 2.05) is 6.20 Å². The van der Waals surface area contributed by atoms with Crippen LogP contribution in [0.2, 0.25) is 0 Å². The summed E-state index contributed by atoms with van der Waals surface area (Å²) in [6.45, 7) is 34.4. The van der Waals surface area contributed by atoms with Gasteiger partial charge in [0.1, 0.15) is 5.82 Å². The molecule has 1 aliphatic rings. The number of rotatable bonds is 13. The zero-order valence-corrected chi connectivity index (χ0v) is 52.5. The van der Waals surface area contributed by atoms with Gasteiger partial charge >= 0.3 is 0 Å². The number of fused-ring (bicyclic) bond motifs is 3. The van der Waals surface area contributed by atoms with Crippen molar-refractivity contribution in [2.45, 2.75) is 130 Å². The molecule has 0 fully saturated rings. The van der Waals surface area contributed by atoms with E-state index in [9.17, 15) is 0 Å². The minimum Gasteiger partial charge on any atom is -0.509 e. The molecule has 3 heterocycles. The maximum atomic E-state index is 7.39. The topological polar surface area (TPSA) is 33.5 Å². The van der Waals surface area contributed by atoms with E-state index in [2.05, 4.69) is 318 Å². The van der Waals surface area contributed by atoms with E-state index in [0.29, 0.717) is 11.5 Å². The second-order valence-electron chi connectivity index (χ2n) is 25.9. The smallest absolute Gasteiger partial charge is 0.135 e. The predicted octanol–water partition coefficient (Wildman–Crippen LogP) is 20.2. The summed E-state index contributed by atoms with van der Waals surface area (Å²) in [6.07, 6.45) is 4.29. The molecule has 0 N–H and O–H groups in total. The molecule has 5 nitrogen and oxygen atoms in total. The molecule has 6 heteroatoms. The number of ether oxygens (including phenoxy) is 1. The zero-order valence-electron chi connectivity index (χ0n) is 50.2. The molecule has 0 unspecified atom stereocenters. The Balaban J connectivity index is 0.00000753. The van der Waals surface area contributed by atoms with Crippen molar-refractivity contribution in [2.75, 3.05) is 9.80 Å². The molecule has 1 aliphatic heterocycles. The first-order valence-electron chi connectivity index (χ1n) is 28.9. The third-order valence-electron chi connectivity index (χ3n) is 16.8. The molecule has 2 aromatic heterocycles. The summed E-state index contributed by atoms with van der Waals surface area (Å²) < 4.78 is 9.68. The normalized spacial score (nSPS) is 13.3. The van der Waals surface area contributed by atoms with Crippen LogP contribution in [0.4, 0.5) is 11.4 Å². The first-order chi connectivity index (χ1) is 38.6. The standard InChI is InChI=1S/C76H77N4O.Pt/c1-50(2)63-34-26-35-64(51(3)4)71(63)69-48-78(59-40-53(52-27-18-15-19-28-52)39-57(41-59)73(5,6)7)49-79(69)60-42-58(74(8,9)10)43-61(45-60)81-62-46-66(76(13,14)55-31-22-17-23-32-55)72-65-33-24-25-36-67(65)80(68(72)47-62)70-44-56(37-38-77-70)75(11,12)54-29-20-16-21-30-54;/h15-44,46,48-51H,1-14H3;/q-3;. The Labute approximate surface area is 503 Å². The maximum absolute atomic E-state index is 7.39. The van der Waals surface area contributed by atoms with Crippen molar-refractivity contribution in [2.24, 2.45) is 0 Å². The number of nitrogens with zero attached hydrogens (tertiary/aromatic N) is 4. The SMILES string of the molecule is CC(C)c1cccc(C(C)C)c1C1=CN(c2cc(-c3ccccc3)cc(C(C)(C)C)c2)[CH-]N1c1[c-]c(Oc2[c-]c3c(c(C(C)(C)c4ccccc4)c2)c2ccccc2n3-c2cc(C(C)(C)c3ccccc3)ccn2)cc(C(C)(C)C)c1.[Pt]. The molecule has 8 aromatic carbocycles. The van der Waals surface area contributed by atoms with Crippen LogP contribution in [-0.4, -0.2) is 9.55 Å². The number of para-hydroxylation sites is 1. The van der Waals surface area contributed by atoms with E-state index in [1.165, 1.54) is 50.1 Å². The minimum atomic E-state index is -0.454. The van der Waals surface area contributed by atoms with Gasteiger partial charge in [-0.2, -0.15) is 0 Å². The monoisotopic (exact) mass is 1260 g/mol. The van der Waals surface area contributed by atoms with Crippen molar-refractivity contribution < 1.29 is 25.8 Å². The summed E-state index contributed by atoms with van der Waals surface area (Å²) in [5, 5.41) is 2.25. The molecule has 0 atom stereocenters. The van der Waals surface area contributed by atoms with Gasteiger partial charge in [0.15, 0.2) is 0 Å². The maximum Gasteiger partial charge on any atom is 0.135 e. The fourth-order valence-corrected chi connectivity index (χ4v) is 11.8. The molecule has 0 bridgehead atoms. The third kappa shape index (κ3) is 11.0. The largest absolute Gasteiger partial charge is 0.509 e. The van der Waals surface area contributed by atoms with E-state index < -0.39 is 5.41 Å². The molecular formula is C76H77N4OPt-3. The molecule has 0 spiro atoms. The number of pyridine rings is 1. The van der Waals surface area contributed by atoms with Crippen molar-refractivity contribution in [1.29, 1.82) is 0 Å². The van der Waals surface area contributed by atoms with Gasteiger partial charge in [0, 0.05) is 66.6 Å². The van der Waals surface area contributed by atoms with Crippen molar-refractivity contribution in [3.63, 3.8) is 0 Å². The summed E-state index contributed by atoms with van der Waals surface area (Å²) in [7, 11) is 0. The van der Waals surface area contributed by atoms with Gasteiger partial charge in [-0.25, -0.2) is 4.98 Å². The number of anilines is 2. The Hall–Kier alpha value is -7.46. The first-order valence-corrected chi connectivity index (χ1v) is 28.9. The molecular weight excluding hydrogens is 1180 g/mol. The minimum absolute atomic E-state index is 0. The first kappa shape index (κ1) is 57.8. The van der Waals surface area contributed by atoms with E-state index in [-0.39, 0.29) is 49.1 Å². The van der Waals surface area contributed by atoms with Crippen LogP contribution >= 0.6 is 0 Å². The molecule has 82 heavy (non-hydrogen) atoms. The fraction of sp³-hybridized carbons (Fsp3) is 0.263. The van der Waals surface area contributed by atoms with Crippen LogP contribution in [0.1, 0.15) is 159 Å². The van der Waals surface area contributed by atoms with Gasteiger partial charge in [0.25, 0.3) is 0 Å². The van der Waals surface area contributed by atoms with Gasteiger partial charge in [0.2, 0.25) is 0 Å². The van der Waals surface area contributed by atoms with Crippen LogP contribution in [0.15, 0.2) is 194 Å². The molecule has 0 aliphatic carbocycles. The summed E-state index contributed by atoms with van der Waals surface area (Å²) in [6, 6.07) is 73.8. The Morgan fingerprint density at radius 1 is 0.512 bits per heavy atom. The van der Waals surface area contributed by atoms with Gasteiger partial charge in [0.05, 0.1) is 0 Å². The van der Waals surface area contributed by atoms with Crippen molar-refractivity contribution >= 4 is 38.9 Å². The third-order valence-corrected chi connectivity index (χ3v) is 16.8. The van der Waals surface area contributed by atoms with Crippen LogP contribution in [0.25, 0.3) is 44.4 Å². The summed E-state index contributed by atoms with van der Waals surface area (Å²) >= 11 is 0. The molecule has 0 saturated carbocycles. The molecule has 10 aromatic rings. The van der Waals surface area contributed by atoms with Crippen LogP contribution in [0, 0.1) is 18.8 Å². The Morgan fingerprint density at radius 2 is 1.09 bits per heavy atom. The summed E-state index contributed by atoms with van der Waals surface area (Å²) in [4.78, 5) is 9.83. The molecule has 420 valence electrons. The van der Waals surface area contributed by atoms with Crippen molar-refractivity contribution in [3.05, 3.63) is 263 Å². The molecule has 0 amide bonds. The number of aromatic nitrogens is 2. The molecule has 0 saturated heterocycles. The Kier molecular flexibility index (Phi) is 15.8. The number of hydrogen-bond donors (Lipinski definition) is 0. The van der Waals surface area contributed by atoms with Gasteiger partial charge < -0.3 is 19.1 Å². The summed E-state index contributed by atoms with van der Waals surface area (Å²) in [5.74, 6) is 2.58. The van der Waals surface area contributed by atoms with Gasteiger partial charge in [-0.15, -0.1) is 53.8 Å². The van der Waals surface area contributed by atoms with Crippen molar-refractivity contribution in [1.82, 2.24) is 9.55 Å². The van der Waals surface area contributed by atoms with Crippen LogP contribution in [0.5, 0.6) is 11.5 Å². The second-order valence-corrected chi connectivity index (χ2v) is 25.9. The molecule has 0 radical (unpaired) electrons. The van der Waals surface area contributed by atoms with E-state index >= 15 is 0 Å². The Bertz CT molecular complexity index is 3940. The Morgan fingerprint density at radius 3 is 1.71 bits per heavy atom. The van der Waals surface area contributed by atoms with Crippen LogP contribution in [0.3, 0.4) is 0 Å². The number of benzene rings is 8. The predicted molar refractivity (Wildman–Crippen MR) is 341 cm³/mol. The van der Waals surface area contributed by atoms with E-state index in [4.69, 9.17) is 9.72 Å².